The van der Waals surface area contributed by atoms with Crippen molar-refractivity contribution in [3.63, 3.8) is 0 Å². The van der Waals surface area contributed by atoms with E-state index >= 15 is 0 Å². The Balaban J connectivity index is 0.00000280. The maximum atomic E-state index is 11.5. The molecule has 0 aliphatic carbocycles. The van der Waals surface area contributed by atoms with Gasteiger partial charge in [0.25, 0.3) is 0 Å². The van der Waals surface area contributed by atoms with E-state index < -0.39 is 0 Å². The lowest BCUT2D eigenvalue weighted by Crippen LogP contribution is -2.24. The van der Waals surface area contributed by atoms with Crippen molar-refractivity contribution in [2.45, 2.75) is 33.1 Å². The van der Waals surface area contributed by atoms with E-state index in [9.17, 15) is 4.79 Å². The Morgan fingerprint density at radius 3 is 2.78 bits per heavy atom. The minimum atomic E-state index is 0. The summed E-state index contributed by atoms with van der Waals surface area (Å²) in [6, 6.07) is 9.95. The molecule has 0 atom stereocenters. The van der Waals surface area contributed by atoms with Crippen LogP contribution in [0.15, 0.2) is 36.5 Å². The first-order valence-corrected chi connectivity index (χ1v) is 10.2. The summed E-state index contributed by atoms with van der Waals surface area (Å²) in [6.45, 7) is 6.49. The average Bonchev–Trinajstić information content (AvgIpc) is 3.19. The largest absolute Gasteiger partial charge is 0.348 e. The molecule has 0 spiro atoms. The van der Waals surface area contributed by atoms with Crippen molar-refractivity contribution >= 4 is 33.5 Å². The minimum Gasteiger partial charge on any atom is -0.348 e. The fourth-order valence-corrected chi connectivity index (χ4v) is 4.19. The molecule has 3 aromatic rings. The summed E-state index contributed by atoms with van der Waals surface area (Å²) in [5.74, 6) is 2.58. The van der Waals surface area contributed by atoms with Crippen LogP contribution in [0.5, 0.6) is 0 Å². The number of benzene rings is 2. The molecule has 139 valence electrons. The van der Waals surface area contributed by atoms with Crippen LogP contribution in [-0.4, -0.2) is 24.4 Å². The predicted octanol–water partition coefficient (Wildman–Crippen LogP) is 5.89. The number of fused-ring (bicyclic) bond motifs is 1. The molecule has 0 amide bonds. The molecule has 0 bridgehead atoms. The lowest BCUT2D eigenvalue weighted by atomic mass is 9.98. The summed E-state index contributed by atoms with van der Waals surface area (Å²) >= 11 is 1.72. The molecule has 0 saturated carbocycles. The molecule has 4 heteroatoms. The first-order chi connectivity index (χ1) is 13.2. The fraction of sp³-hybridized carbons (Fsp3) is 0.304. The maximum absolute atomic E-state index is 11.5. The van der Waals surface area contributed by atoms with Crippen LogP contribution < -0.4 is 4.90 Å². The summed E-state index contributed by atoms with van der Waals surface area (Å²) in [6.07, 6.45) is 11.8. The van der Waals surface area contributed by atoms with E-state index in [1.807, 2.05) is 30.5 Å². The summed E-state index contributed by atoms with van der Waals surface area (Å²) in [4.78, 5) is 19.7. The van der Waals surface area contributed by atoms with Gasteiger partial charge in [-0.2, -0.15) is 0 Å². The van der Waals surface area contributed by atoms with Crippen molar-refractivity contribution in [1.82, 2.24) is 4.98 Å². The molecular formula is C23H25N2OS. The molecule has 0 saturated heterocycles. The van der Waals surface area contributed by atoms with E-state index in [1.54, 1.807) is 11.3 Å². The van der Waals surface area contributed by atoms with Crippen LogP contribution in [0.4, 0.5) is 5.13 Å². The summed E-state index contributed by atoms with van der Waals surface area (Å²) in [5, 5.41) is 2.99. The van der Waals surface area contributed by atoms with Gasteiger partial charge in [0, 0.05) is 31.8 Å². The van der Waals surface area contributed by atoms with Crippen molar-refractivity contribution < 1.29 is 6.22 Å². The van der Waals surface area contributed by atoms with Crippen LogP contribution in [0.2, 0.25) is 0 Å². The van der Waals surface area contributed by atoms with Crippen LogP contribution in [0.1, 0.15) is 50.5 Å². The van der Waals surface area contributed by atoms with Crippen LogP contribution in [0.25, 0.3) is 21.2 Å². The van der Waals surface area contributed by atoms with Gasteiger partial charge < -0.3 is 4.90 Å². The number of carbonyl (C=O) groups excluding carboxylic acids is 1. The zero-order valence-corrected chi connectivity index (χ0v) is 16.7. The second-order valence-corrected chi connectivity index (χ2v) is 7.58. The molecule has 0 aliphatic rings. The number of terminal acetylenes is 1. The molecule has 0 N–H and O–H groups in total. The third kappa shape index (κ3) is 4.04. The van der Waals surface area contributed by atoms with E-state index in [0.717, 1.165) is 52.1 Å². The lowest BCUT2D eigenvalue weighted by molar-refractivity contribution is 0.112. The Kier molecular flexibility index (Phi) is 6.26. The van der Waals surface area contributed by atoms with Crippen molar-refractivity contribution in [2.24, 2.45) is 0 Å². The van der Waals surface area contributed by atoms with E-state index in [2.05, 4.69) is 35.7 Å². The highest BCUT2D eigenvalue weighted by Gasteiger charge is 2.12. The molecule has 3 rings (SSSR count). The minimum absolute atomic E-state index is 0. The lowest BCUT2D eigenvalue weighted by Gasteiger charge is -2.20. The molecule has 2 aromatic carbocycles. The average molecular weight is 378 g/mol. The predicted molar refractivity (Wildman–Crippen MR) is 117 cm³/mol. The summed E-state index contributed by atoms with van der Waals surface area (Å²) < 4.78 is 0. The third-order valence-corrected chi connectivity index (χ3v) is 5.77. The molecule has 1 aromatic heterocycles. The van der Waals surface area contributed by atoms with Crippen molar-refractivity contribution in [3.05, 3.63) is 47.7 Å². The topological polar surface area (TPSA) is 33.2 Å². The maximum Gasteiger partial charge on any atom is 0.185 e. The Labute approximate surface area is 166 Å². The van der Waals surface area contributed by atoms with Crippen LogP contribution >= 0.6 is 11.3 Å². The highest BCUT2D eigenvalue weighted by molar-refractivity contribution is 7.18. The van der Waals surface area contributed by atoms with Crippen molar-refractivity contribution in [1.29, 1.82) is 0 Å². The Morgan fingerprint density at radius 2 is 2.07 bits per heavy atom. The number of rotatable bonds is 8. The number of aldehydes is 1. The van der Waals surface area contributed by atoms with Gasteiger partial charge in [0.2, 0.25) is 0 Å². The monoisotopic (exact) mass is 377 g/mol. The van der Waals surface area contributed by atoms with Gasteiger partial charge in [0.1, 0.15) is 0 Å². The molecular weight excluding hydrogens is 352 g/mol. The zero-order chi connectivity index (χ0) is 19.2. The van der Waals surface area contributed by atoms with Gasteiger partial charge >= 0.3 is 0 Å². The first-order valence-electron chi connectivity index (χ1n) is 9.41. The number of aromatic nitrogens is 1. The number of unbranched alkanes of at least 4 members (excludes halogenated alkanes) is 1. The first kappa shape index (κ1) is 19.1. The second kappa shape index (κ2) is 8.83. The molecule has 1 radical (unpaired) electrons. The highest BCUT2D eigenvalue weighted by atomic mass is 32.1. The molecule has 3 nitrogen and oxygen atoms in total. The normalized spacial score (nSPS) is 10.7. The Morgan fingerprint density at radius 1 is 1.22 bits per heavy atom. The van der Waals surface area contributed by atoms with Crippen LogP contribution in [-0.2, 0) is 0 Å². The Bertz CT molecular complexity index is 990. The fourth-order valence-electron chi connectivity index (χ4n) is 3.23. The van der Waals surface area contributed by atoms with E-state index in [4.69, 9.17) is 6.42 Å². The van der Waals surface area contributed by atoms with Crippen molar-refractivity contribution in [2.75, 3.05) is 18.0 Å². The number of nitrogens with zero attached hydrogens (tertiary/aromatic N) is 2. The number of anilines is 1. The van der Waals surface area contributed by atoms with Gasteiger partial charge in [-0.25, -0.2) is 4.98 Å². The van der Waals surface area contributed by atoms with Crippen LogP contribution in [0.3, 0.4) is 0 Å². The number of thiazole rings is 1. The zero-order valence-electron chi connectivity index (χ0n) is 16.9. The smallest absolute Gasteiger partial charge is 0.185 e. The Hall–Kier alpha value is -2.64. The van der Waals surface area contributed by atoms with E-state index in [1.165, 1.54) is 12.8 Å². The van der Waals surface area contributed by atoms with Gasteiger partial charge in [-0.15, -0.1) is 6.42 Å². The van der Waals surface area contributed by atoms with Gasteiger partial charge in [-0.3, -0.25) is 4.79 Å². The van der Waals surface area contributed by atoms with Gasteiger partial charge in [-0.1, -0.05) is 55.7 Å². The number of carbonyl (C=O) groups is 1. The van der Waals surface area contributed by atoms with Gasteiger partial charge in [-0.05, 0) is 41.3 Å². The third-order valence-electron chi connectivity index (χ3n) is 4.66. The number of hydrogen-bond acceptors (Lipinski definition) is 4. The number of hydrogen-bond donors (Lipinski definition) is 0. The van der Waals surface area contributed by atoms with E-state index in [-0.39, 0.29) is 1.43 Å². The van der Waals surface area contributed by atoms with E-state index in [0.29, 0.717) is 11.1 Å². The summed E-state index contributed by atoms with van der Waals surface area (Å²) in [5.41, 5.74) is 2.33. The molecule has 1 heterocycles. The molecule has 0 unspecified atom stereocenters. The second-order valence-electron chi connectivity index (χ2n) is 6.57. The van der Waals surface area contributed by atoms with Gasteiger partial charge in [0.15, 0.2) is 11.4 Å². The SMILES string of the molecule is C#Cc1ccc2cc(-c3cnc(N(CCC)CCCC)s3)ccc2c1C=O.[H]. The molecule has 27 heavy (non-hydrogen) atoms. The highest BCUT2D eigenvalue weighted by Crippen LogP contribution is 2.34. The van der Waals surface area contributed by atoms with Crippen molar-refractivity contribution in [3.8, 4) is 22.8 Å². The molecule has 0 aliphatic heterocycles. The van der Waals surface area contributed by atoms with Crippen LogP contribution in [0, 0.1) is 12.3 Å². The quantitative estimate of drug-likeness (QED) is 0.363. The van der Waals surface area contributed by atoms with Gasteiger partial charge in [0.05, 0.1) is 4.88 Å². The standard InChI is InChI=1S/C23H24N2OS.H/c1-4-7-13-25(12-5-2)23-24-15-22(27-23)19-10-11-20-18(14-19)9-8-17(6-3)21(20)16-26;/h3,8-11,14-16H,4-5,7,12-13H2,1-2H3;. The molecule has 0 fully saturated rings. The summed E-state index contributed by atoms with van der Waals surface area (Å²) in [7, 11) is 0.